The van der Waals surface area contributed by atoms with Crippen LogP contribution < -0.4 is 14.8 Å². The molecule has 0 saturated carbocycles. The molecule has 0 fully saturated rings. The van der Waals surface area contributed by atoms with E-state index in [0.29, 0.717) is 40.3 Å². The van der Waals surface area contributed by atoms with Crippen LogP contribution in [0.25, 0.3) is 0 Å². The number of aliphatic hydroxyl groups excluding tert-OH is 1. The molecule has 1 aliphatic heterocycles. The number of hydrogen-bond acceptors (Lipinski definition) is 7. The summed E-state index contributed by atoms with van der Waals surface area (Å²) in [5.74, 6) is 0.999. The van der Waals surface area contributed by atoms with E-state index in [0.717, 1.165) is 11.5 Å². The maximum absolute atomic E-state index is 10.3. The Morgan fingerprint density at radius 2 is 2.17 bits per heavy atom. The molecule has 1 aromatic heterocycles. The standard InChI is InChI=1S/C14H11Cl2N3O3S/c15-9-3-7(4-11-12(9)22-2-1-21-11)10(20)6-18-14-8(5-17)13(16)19-23-14/h3-4,10,18,20H,1-2,6H2. The molecule has 120 valence electrons. The van der Waals surface area contributed by atoms with Crippen molar-refractivity contribution in [3.8, 4) is 17.6 Å². The van der Waals surface area contributed by atoms with Gasteiger partial charge in [-0.15, -0.1) is 0 Å². The largest absolute Gasteiger partial charge is 0.486 e. The third-order valence-electron chi connectivity index (χ3n) is 3.22. The second-order valence-corrected chi connectivity index (χ2v) is 6.25. The Hall–Kier alpha value is -1.72. The van der Waals surface area contributed by atoms with Crippen molar-refractivity contribution in [2.24, 2.45) is 0 Å². The normalized spacial score (nSPS) is 14.2. The minimum Gasteiger partial charge on any atom is -0.486 e. The zero-order chi connectivity index (χ0) is 16.4. The fourth-order valence-corrected chi connectivity index (χ4v) is 3.33. The van der Waals surface area contributed by atoms with E-state index in [-0.39, 0.29) is 17.3 Å². The number of benzene rings is 1. The minimum absolute atomic E-state index is 0.150. The van der Waals surface area contributed by atoms with Gasteiger partial charge < -0.3 is 19.9 Å². The number of nitrogens with one attached hydrogen (secondary N) is 1. The van der Waals surface area contributed by atoms with E-state index in [2.05, 4.69) is 9.69 Å². The number of anilines is 1. The molecule has 23 heavy (non-hydrogen) atoms. The summed E-state index contributed by atoms with van der Waals surface area (Å²) in [6.07, 6.45) is -0.851. The van der Waals surface area contributed by atoms with Crippen molar-refractivity contribution in [2.75, 3.05) is 25.1 Å². The highest BCUT2D eigenvalue weighted by atomic mass is 35.5. The lowest BCUT2D eigenvalue weighted by molar-refractivity contribution is 0.167. The molecule has 0 aliphatic carbocycles. The van der Waals surface area contributed by atoms with Gasteiger partial charge >= 0.3 is 0 Å². The SMILES string of the molecule is N#Cc1c(Cl)nsc1NCC(O)c1cc(Cl)c2c(c1)OCCO2. The first kappa shape index (κ1) is 16.1. The maximum Gasteiger partial charge on any atom is 0.179 e. The first-order valence-electron chi connectivity index (χ1n) is 6.66. The quantitative estimate of drug-likeness (QED) is 0.857. The van der Waals surface area contributed by atoms with Gasteiger partial charge in [-0.3, -0.25) is 0 Å². The molecule has 1 aromatic carbocycles. The highest BCUT2D eigenvalue weighted by Crippen LogP contribution is 2.39. The van der Waals surface area contributed by atoms with Gasteiger partial charge in [-0.1, -0.05) is 23.2 Å². The zero-order valence-corrected chi connectivity index (χ0v) is 14.0. The predicted octanol–water partition coefficient (Wildman–Crippen LogP) is 3.24. The van der Waals surface area contributed by atoms with Gasteiger partial charge in [0.1, 0.15) is 29.8 Å². The van der Waals surface area contributed by atoms with Crippen molar-refractivity contribution in [2.45, 2.75) is 6.10 Å². The molecule has 1 unspecified atom stereocenters. The molecule has 0 saturated heterocycles. The maximum atomic E-state index is 10.3. The third kappa shape index (κ3) is 3.31. The number of ether oxygens (including phenoxy) is 2. The van der Waals surface area contributed by atoms with E-state index in [1.807, 2.05) is 6.07 Å². The Labute approximate surface area is 146 Å². The van der Waals surface area contributed by atoms with Crippen LogP contribution in [-0.2, 0) is 0 Å². The molecule has 6 nitrogen and oxygen atoms in total. The van der Waals surface area contributed by atoms with Gasteiger partial charge in [0.25, 0.3) is 0 Å². The fraction of sp³-hybridized carbons (Fsp3) is 0.286. The van der Waals surface area contributed by atoms with Crippen molar-refractivity contribution in [3.05, 3.63) is 33.4 Å². The van der Waals surface area contributed by atoms with Crippen molar-refractivity contribution in [1.82, 2.24) is 4.37 Å². The Balaban J connectivity index is 1.75. The van der Waals surface area contributed by atoms with E-state index in [4.69, 9.17) is 37.9 Å². The molecule has 1 aliphatic rings. The number of fused-ring (bicyclic) bond motifs is 1. The topological polar surface area (TPSA) is 87.4 Å². The highest BCUT2D eigenvalue weighted by Gasteiger charge is 2.20. The van der Waals surface area contributed by atoms with Crippen molar-refractivity contribution < 1.29 is 14.6 Å². The molecule has 2 heterocycles. The molecule has 0 amide bonds. The summed E-state index contributed by atoms with van der Waals surface area (Å²) < 4.78 is 14.8. The monoisotopic (exact) mass is 371 g/mol. The van der Waals surface area contributed by atoms with Crippen LogP contribution in [0.15, 0.2) is 12.1 Å². The number of aromatic nitrogens is 1. The van der Waals surface area contributed by atoms with Crippen LogP contribution in [0.5, 0.6) is 11.5 Å². The average molecular weight is 372 g/mol. The van der Waals surface area contributed by atoms with E-state index in [1.165, 1.54) is 0 Å². The second-order valence-electron chi connectivity index (χ2n) is 4.71. The van der Waals surface area contributed by atoms with E-state index >= 15 is 0 Å². The lowest BCUT2D eigenvalue weighted by atomic mass is 10.1. The lowest BCUT2D eigenvalue weighted by Gasteiger charge is -2.21. The summed E-state index contributed by atoms with van der Waals surface area (Å²) >= 11 is 13.0. The number of nitriles is 1. The molecular formula is C14H11Cl2N3O3S. The van der Waals surface area contributed by atoms with Gasteiger partial charge in [0.15, 0.2) is 16.7 Å². The number of nitrogens with zero attached hydrogens (tertiary/aromatic N) is 2. The van der Waals surface area contributed by atoms with Gasteiger partial charge in [-0.25, -0.2) is 0 Å². The highest BCUT2D eigenvalue weighted by molar-refractivity contribution is 7.10. The first-order valence-corrected chi connectivity index (χ1v) is 8.19. The summed E-state index contributed by atoms with van der Waals surface area (Å²) in [5, 5.41) is 23.4. The van der Waals surface area contributed by atoms with Gasteiger partial charge in [-0.05, 0) is 29.2 Å². The van der Waals surface area contributed by atoms with E-state index in [1.54, 1.807) is 12.1 Å². The molecule has 1 atom stereocenters. The molecule has 0 spiro atoms. The second kappa shape index (κ2) is 6.81. The minimum atomic E-state index is -0.851. The van der Waals surface area contributed by atoms with Crippen LogP contribution in [-0.4, -0.2) is 29.2 Å². The predicted molar refractivity (Wildman–Crippen MR) is 87.7 cm³/mol. The molecule has 2 aromatic rings. The molecule has 0 radical (unpaired) electrons. The van der Waals surface area contributed by atoms with Crippen LogP contribution >= 0.6 is 34.7 Å². The number of aliphatic hydroxyl groups is 1. The van der Waals surface area contributed by atoms with E-state index in [9.17, 15) is 5.11 Å². The summed E-state index contributed by atoms with van der Waals surface area (Å²) in [5.41, 5.74) is 0.852. The van der Waals surface area contributed by atoms with Gasteiger partial charge in [0, 0.05) is 6.54 Å². The Bertz CT molecular complexity index is 775. The van der Waals surface area contributed by atoms with Crippen LogP contribution in [0.2, 0.25) is 10.2 Å². The fourth-order valence-electron chi connectivity index (χ4n) is 2.12. The van der Waals surface area contributed by atoms with Crippen molar-refractivity contribution in [3.63, 3.8) is 0 Å². The first-order chi connectivity index (χ1) is 11.1. The van der Waals surface area contributed by atoms with E-state index < -0.39 is 6.10 Å². The molecular weight excluding hydrogens is 361 g/mol. The molecule has 0 bridgehead atoms. The summed E-state index contributed by atoms with van der Waals surface area (Å²) in [7, 11) is 0. The van der Waals surface area contributed by atoms with Crippen molar-refractivity contribution >= 4 is 39.7 Å². The smallest absolute Gasteiger partial charge is 0.179 e. The Morgan fingerprint density at radius 1 is 1.39 bits per heavy atom. The number of rotatable bonds is 4. The third-order valence-corrected chi connectivity index (χ3v) is 4.68. The molecule has 9 heteroatoms. The molecule has 3 rings (SSSR count). The van der Waals surface area contributed by atoms with Gasteiger partial charge in [-0.2, -0.15) is 9.64 Å². The Kier molecular flexibility index (Phi) is 4.78. The van der Waals surface area contributed by atoms with Crippen molar-refractivity contribution in [1.29, 1.82) is 5.26 Å². The summed E-state index contributed by atoms with van der Waals surface area (Å²) in [6.45, 7) is 1.05. The summed E-state index contributed by atoms with van der Waals surface area (Å²) in [6, 6.07) is 5.29. The zero-order valence-electron chi connectivity index (χ0n) is 11.7. The van der Waals surface area contributed by atoms with Crippen LogP contribution in [0, 0.1) is 11.3 Å². The number of hydrogen-bond donors (Lipinski definition) is 2. The lowest BCUT2D eigenvalue weighted by Crippen LogP contribution is -2.17. The molecule has 2 N–H and O–H groups in total. The van der Waals surface area contributed by atoms with Crippen LogP contribution in [0.1, 0.15) is 17.2 Å². The summed E-state index contributed by atoms with van der Waals surface area (Å²) in [4.78, 5) is 0. The average Bonchev–Trinajstić information content (AvgIpc) is 2.92. The number of halogens is 2. The van der Waals surface area contributed by atoms with Crippen LogP contribution in [0.3, 0.4) is 0 Å². The Morgan fingerprint density at radius 3 is 2.96 bits per heavy atom. The van der Waals surface area contributed by atoms with Gasteiger partial charge in [0.2, 0.25) is 0 Å². The van der Waals surface area contributed by atoms with Gasteiger partial charge in [0.05, 0.1) is 11.1 Å². The van der Waals surface area contributed by atoms with Crippen LogP contribution in [0.4, 0.5) is 5.00 Å².